The van der Waals surface area contributed by atoms with E-state index in [2.05, 4.69) is 43.1 Å². The number of carbonyl (C=O) groups is 1. The molecule has 0 radical (unpaired) electrons. The zero-order chi connectivity index (χ0) is 21.3. The van der Waals surface area contributed by atoms with Gasteiger partial charge >= 0.3 is 0 Å². The van der Waals surface area contributed by atoms with Crippen LogP contribution in [0.3, 0.4) is 0 Å². The minimum absolute atomic E-state index is 0.0368. The molecule has 2 aromatic heterocycles. The fourth-order valence-corrected chi connectivity index (χ4v) is 3.43. The SMILES string of the molecule is CC(Nc1c(-c2ccccc2Cl)c(Cl)nc2c(/C(Cl)=C/C=O)cnn12)C(C)(C)C. The second kappa shape index (κ2) is 8.34. The summed E-state index contributed by atoms with van der Waals surface area (Å²) in [5, 5.41) is 9.03. The second-order valence-electron chi connectivity index (χ2n) is 7.78. The highest BCUT2D eigenvalue weighted by Gasteiger charge is 2.26. The molecule has 0 aliphatic carbocycles. The second-order valence-corrected chi connectivity index (χ2v) is 8.95. The molecule has 0 bridgehead atoms. The molecule has 0 amide bonds. The number of benzene rings is 1. The molecule has 29 heavy (non-hydrogen) atoms. The lowest BCUT2D eigenvalue weighted by atomic mass is 9.88. The number of fused-ring (bicyclic) bond motifs is 1. The van der Waals surface area contributed by atoms with Crippen LogP contribution in [0.2, 0.25) is 10.2 Å². The van der Waals surface area contributed by atoms with E-state index in [1.54, 1.807) is 16.8 Å². The number of aldehydes is 1. The third-order valence-corrected chi connectivity index (χ3v) is 5.80. The van der Waals surface area contributed by atoms with Crippen LogP contribution in [0.25, 0.3) is 21.8 Å². The third kappa shape index (κ3) is 4.27. The molecule has 3 aromatic rings. The van der Waals surface area contributed by atoms with Crippen LogP contribution in [0.1, 0.15) is 33.3 Å². The van der Waals surface area contributed by atoms with Crippen molar-refractivity contribution in [1.29, 1.82) is 0 Å². The quantitative estimate of drug-likeness (QED) is 0.280. The number of aromatic nitrogens is 3. The molecule has 152 valence electrons. The molecule has 0 fully saturated rings. The van der Waals surface area contributed by atoms with Crippen LogP contribution >= 0.6 is 34.8 Å². The van der Waals surface area contributed by atoms with Gasteiger partial charge in [0.05, 0.1) is 22.4 Å². The van der Waals surface area contributed by atoms with E-state index in [0.29, 0.717) is 33.9 Å². The predicted molar refractivity (Wildman–Crippen MR) is 121 cm³/mol. The largest absolute Gasteiger partial charge is 0.366 e. The number of rotatable bonds is 5. The standard InChI is InChI=1S/C21H21Cl3N4O/c1-12(21(2,3)4)26-20-17(13-7-5-6-8-15(13)22)18(24)27-19-14(11-25-28(19)20)16(23)9-10-29/h5-12,26H,1-4H3/b16-9-. The number of hydrogen-bond donors (Lipinski definition) is 1. The summed E-state index contributed by atoms with van der Waals surface area (Å²) in [5.74, 6) is 0.650. The van der Waals surface area contributed by atoms with Crippen molar-refractivity contribution in [2.24, 2.45) is 5.41 Å². The molecule has 0 aliphatic rings. The Morgan fingerprint density at radius 2 is 1.93 bits per heavy atom. The topological polar surface area (TPSA) is 59.3 Å². The summed E-state index contributed by atoms with van der Waals surface area (Å²) in [5.41, 5.74) is 2.30. The van der Waals surface area contributed by atoms with Gasteiger partial charge in [0.1, 0.15) is 17.3 Å². The summed E-state index contributed by atoms with van der Waals surface area (Å²) in [4.78, 5) is 15.4. The number of nitrogens with one attached hydrogen (secondary N) is 1. The minimum atomic E-state index is -0.0368. The smallest absolute Gasteiger partial charge is 0.167 e. The first-order valence-electron chi connectivity index (χ1n) is 9.05. The fraction of sp³-hybridized carbons (Fsp3) is 0.286. The average Bonchev–Trinajstić information content (AvgIpc) is 3.06. The van der Waals surface area contributed by atoms with Gasteiger partial charge in [0, 0.05) is 16.6 Å². The van der Waals surface area contributed by atoms with Crippen molar-refractivity contribution < 1.29 is 4.79 Å². The van der Waals surface area contributed by atoms with Crippen LogP contribution in [-0.4, -0.2) is 26.9 Å². The Kier molecular flexibility index (Phi) is 6.22. The molecule has 0 saturated heterocycles. The number of anilines is 1. The van der Waals surface area contributed by atoms with E-state index in [9.17, 15) is 4.79 Å². The highest BCUT2D eigenvalue weighted by atomic mass is 35.5. The molecule has 1 unspecified atom stereocenters. The first-order valence-corrected chi connectivity index (χ1v) is 10.2. The van der Waals surface area contributed by atoms with Crippen LogP contribution in [0, 0.1) is 5.41 Å². The molecule has 5 nitrogen and oxygen atoms in total. The first-order chi connectivity index (χ1) is 13.6. The summed E-state index contributed by atoms with van der Waals surface area (Å²) in [6, 6.07) is 7.49. The van der Waals surface area contributed by atoms with Gasteiger partial charge in [-0.15, -0.1) is 0 Å². The van der Waals surface area contributed by atoms with Crippen molar-refractivity contribution in [2.75, 3.05) is 5.32 Å². The van der Waals surface area contributed by atoms with Gasteiger partial charge in [-0.1, -0.05) is 73.8 Å². The van der Waals surface area contributed by atoms with Crippen molar-refractivity contribution >= 4 is 57.6 Å². The zero-order valence-electron chi connectivity index (χ0n) is 16.5. The Bertz CT molecular complexity index is 1100. The molecule has 0 saturated carbocycles. The maximum absolute atomic E-state index is 10.9. The average molecular weight is 452 g/mol. The first kappa shape index (κ1) is 21.6. The highest BCUT2D eigenvalue weighted by molar-refractivity contribution is 6.50. The maximum atomic E-state index is 10.9. The van der Waals surface area contributed by atoms with Crippen LogP contribution in [0.4, 0.5) is 5.82 Å². The molecule has 1 aromatic carbocycles. The van der Waals surface area contributed by atoms with E-state index in [1.165, 1.54) is 6.08 Å². The van der Waals surface area contributed by atoms with Crippen LogP contribution in [0.15, 0.2) is 36.5 Å². The Labute approximate surface area is 184 Å². The van der Waals surface area contributed by atoms with Gasteiger partial charge < -0.3 is 5.32 Å². The lowest BCUT2D eigenvalue weighted by Gasteiger charge is -2.30. The fourth-order valence-electron chi connectivity index (χ4n) is 2.74. The summed E-state index contributed by atoms with van der Waals surface area (Å²) in [6.07, 6.45) is 3.43. The van der Waals surface area contributed by atoms with Crippen molar-refractivity contribution in [3.05, 3.63) is 52.3 Å². The summed E-state index contributed by atoms with van der Waals surface area (Å²) in [6.45, 7) is 8.49. The van der Waals surface area contributed by atoms with Crippen molar-refractivity contribution in [1.82, 2.24) is 14.6 Å². The molecule has 3 rings (SSSR count). The van der Waals surface area contributed by atoms with Gasteiger partial charge in [-0.3, -0.25) is 4.79 Å². The van der Waals surface area contributed by atoms with E-state index in [0.717, 1.165) is 5.56 Å². The van der Waals surface area contributed by atoms with Crippen LogP contribution < -0.4 is 5.32 Å². The van der Waals surface area contributed by atoms with E-state index < -0.39 is 0 Å². The van der Waals surface area contributed by atoms with Gasteiger partial charge in [-0.05, 0) is 24.5 Å². The van der Waals surface area contributed by atoms with Crippen molar-refractivity contribution in [3.8, 4) is 11.1 Å². The van der Waals surface area contributed by atoms with Gasteiger partial charge in [0.2, 0.25) is 0 Å². The third-order valence-electron chi connectivity index (χ3n) is 4.87. The zero-order valence-corrected chi connectivity index (χ0v) is 18.8. The summed E-state index contributed by atoms with van der Waals surface area (Å²) in [7, 11) is 0. The molecule has 2 heterocycles. The number of allylic oxidation sites excluding steroid dienone is 1. The Balaban J connectivity index is 2.34. The van der Waals surface area contributed by atoms with Gasteiger partial charge in [-0.25, -0.2) is 4.98 Å². The van der Waals surface area contributed by atoms with Gasteiger partial charge in [0.25, 0.3) is 0 Å². The Hall–Kier alpha value is -2.08. The molecular weight excluding hydrogens is 431 g/mol. The number of hydrogen-bond acceptors (Lipinski definition) is 4. The van der Waals surface area contributed by atoms with Gasteiger partial charge in [-0.2, -0.15) is 9.61 Å². The Morgan fingerprint density at radius 3 is 2.55 bits per heavy atom. The van der Waals surface area contributed by atoms with Gasteiger partial charge in [0.15, 0.2) is 5.65 Å². The van der Waals surface area contributed by atoms with Crippen molar-refractivity contribution in [2.45, 2.75) is 33.7 Å². The maximum Gasteiger partial charge on any atom is 0.167 e. The highest BCUT2D eigenvalue weighted by Crippen LogP contribution is 2.40. The normalized spacial score (nSPS) is 13.6. The monoisotopic (exact) mass is 450 g/mol. The van der Waals surface area contributed by atoms with Crippen LogP contribution in [-0.2, 0) is 4.79 Å². The lowest BCUT2D eigenvalue weighted by molar-refractivity contribution is -0.104. The minimum Gasteiger partial charge on any atom is -0.366 e. The van der Waals surface area contributed by atoms with E-state index in [1.807, 2.05) is 18.2 Å². The summed E-state index contributed by atoms with van der Waals surface area (Å²) >= 11 is 19.3. The number of halogens is 3. The molecule has 1 atom stereocenters. The van der Waals surface area contributed by atoms with E-state index in [4.69, 9.17) is 34.8 Å². The van der Waals surface area contributed by atoms with E-state index >= 15 is 0 Å². The molecular formula is C21H21Cl3N4O. The molecule has 0 spiro atoms. The molecule has 8 heteroatoms. The lowest BCUT2D eigenvalue weighted by Crippen LogP contribution is -2.32. The summed E-state index contributed by atoms with van der Waals surface area (Å²) < 4.78 is 1.64. The molecule has 0 aliphatic heterocycles. The van der Waals surface area contributed by atoms with Crippen LogP contribution in [0.5, 0.6) is 0 Å². The van der Waals surface area contributed by atoms with Crippen molar-refractivity contribution in [3.63, 3.8) is 0 Å². The number of nitrogens with zero attached hydrogens (tertiary/aromatic N) is 3. The number of carbonyl (C=O) groups excluding carboxylic acids is 1. The Morgan fingerprint density at radius 1 is 1.24 bits per heavy atom. The molecule has 1 N–H and O–H groups in total. The predicted octanol–water partition coefficient (Wildman–Crippen LogP) is 6.33. The van der Waals surface area contributed by atoms with E-state index in [-0.39, 0.29) is 21.6 Å².